The van der Waals surface area contributed by atoms with Crippen molar-refractivity contribution < 1.29 is 38.1 Å². The fourth-order valence-corrected chi connectivity index (χ4v) is 1.37. The fourth-order valence-electron chi connectivity index (χ4n) is 0.833. The van der Waals surface area contributed by atoms with Gasteiger partial charge >= 0.3 is 17.7 Å². The molecule has 0 rings (SSSR count). The number of halogens is 4. The monoisotopic (exact) mass is 566 g/mol. The number of rotatable bonds is 5. The van der Waals surface area contributed by atoms with Crippen LogP contribution in [-0.2, 0) is 23.7 Å². The van der Waals surface area contributed by atoms with Gasteiger partial charge in [0.15, 0.2) is 15.2 Å². The van der Waals surface area contributed by atoms with E-state index in [4.69, 9.17) is 39.5 Å². The average Bonchev–Trinajstić information content (AvgIpc) is 2.33. The van der Waals surface area contributed by atoms with Crippen molar-refractivity contribution >= 4 is 75.1 Å². The molecular formula is C15H26Cl3IO8. The van der Waals surface area contributed by atoms with Gasteiger partial charge in [-0.3, -0.25) is 0 Å². The Hall–Kier alpha value is -0.390. The van der Waals surface area contributed by atoms with Crippen LogP contribution in [0.5, 0.6) is 0 Å². The molecule has 8 nitrogen and oxygen atoms in total. The SMILES string of the molecule is CC(C)OC(=O)OC(C)Cl.CC(C)OC(=O)OC(C)I.CC(Cl)OC(=O)Cl. The molecule has 3 unspecified atom stereocenters. The van der Waals surface area contributed by atoms with Crippen molar-refractivity contribution in [3.05, 3.63) is 0 Å². The second-order valence-electron chi connectivity index (χ2n) is 5.05. The maximum absolute atomic E-state index is 10.6. The molecule has 0 bridgehead atoms. The van der Waals surface area contributed by atoms with E-state index < -0.39 is 28.9 Å². The molecule has 0 fully saturated rings. The van der Waals surface area contributed by atoms with Crippen LogP contribution in [0.2, 0.25) is 0 Å². The molecule has 0 amide bonds. The molecule has 0 aliphatic carbocycles. The molecule has 0 spiro atoms. The van der Waals surface area contributed by atoms with Gasteiger partial charge < -0.3 is 23.7 Å². The van der Waals surface area contributed by atoms with Crippen molar-refractivity contribution in [1.29, 1.82) is 0 Å². The second kappa shape index (κ2) is 18.9. The van der Waals surface area contributed by atoms with E-state index in [-0.39, 0.29) is 16.3 Å². The van der Waals surface area contributed by atoms with Crippen molar-refractivity contribution in [2.75, 3.05) is 0 Å². The molecule has 0 saturated heterocycles. The second-order valence-corrected chi connectivity index (χ2v) is 8.35. The van der Waals surface area contributed by atoms with E-state index in [2.05, 4.69) is 18.9 Å². The molecule has 0 saturated carbocycles. The van der Waals surface area contributed by atoms with Gasteiger partial charge in [0.2, 0.25) is 0 Å². The summed E-state index contributed by atoms with van der Waals surface area (Å²) in [6.45, 7) is 11.8. The Morgan fingerprint density at radius 2 is 1.00 bits per heavy atom. The summed E-state index contributed by atoms with van der Waals surface area (Å²) in [5.74, 6) is 0. The summed E-state index contributed by atoms with van der Waals surface area (Å²) in [6, 6.07) is 0. The molecule has 0 aliphatic rings. The summed E-state index contributed by atoms with van der Waals surface area (Å²) in [5, 5.41) is 0. The van der Waals surface area contributed by atoms with Crippen LogP contribution in [0.25, 0.3) is 0 Å². The van der Waals surface area contributed by atoms with Crippen LogP contribution in [0.15, 0.2) is 0 Å². The molecule has 27 heavy (non-hydrogen) atoms. The van der Waals surface area contributed by atoms with Crippen LogP contribution in [0, 0.1) is 0 Å². The Morgan fingerprint density at radius 3 is 1.19 bits per heavy atom. The highest BCUT2D eigenvalue weighted by Crippen LogP contribution is 2.03. The topological polar surface area (TPSA) is 97.4 Å². The Balaban J connectivity index is -0.000000326. The molecule has 0 heterocycles. The number of alkyl halides is 3. The van der Waals surface area contributed by atoms with E-state index in [1.54, 1.807) is 41.5 Å². The summed E-state index contributed by atoms with van der Waals surface area (Å²) in [7, 11) is 0. The van der Waals surface area contributed by atoms with Crippen molar-refractivity contribution in [2.24, 2.45) is 0 Å². The average molecular weight is 568 g/mol. The Bertz CT molecular complexity index is 366. The first kappa shape index (κ1) is 31.3. The fraction of sp³-hybridized carbons (Fsp3) is 0.800. The summed E-state index contributed by atoms with van der Waals surface area (Å²) < 4.78 is 22.5. The standard InChI is InChI=1S/C6H11ClO3.C6H11IO3.C3H4Cl2O2/c2*1-4(2)9-6(8)10-5(3)7;1-2(4)7-3(5)6/h2*4-5H,1-3H3;2H,1H3. The van der Waals surface area contributed by atoms with Gasteiger partial charge in [-0.2, -0.15) is 0 Å². The smallest absolute Gasteiger partial charge is 0.434 e. The third-order valence-corrected chi connectivity index (χ3v) is 1.96. The lowest BCUT2D eigenvalue weighted by Gasteiger charge is -2.09. The molecule has 0 aliphatic heterocycles. The minimum Gasteiger partial charge on any atom is -0.434 e. The van der Waals surface area contributed by atoms with Crippen molar-refractivity contribution in [2.45, 2.75) is 75.9 Å². The number of hydrogen-bond donors (Lipinski definition) is 0. The van der Waals surface area contributed by atoms with Crippen LogP contribution in [0.4, 0.5) is 14.4 Å². The number of hydrogen-bond acceptors (Lipinski definition) is 8. The third-order valence-electron chi connectivity index (χ3n) is 1.44. The van der Waals surface area contributed by atoms with E-state index in [1.807, 2.05) is 22.6 Å². The highest BCUT2D eigenvalue weighted by molar-refractivity contribution is 14.1. The van der Waals surface area contributed by atoms with E-state index in [1.165, 1.54) is 6.92 Å². The largest absolute Gasteiger partial charge is 0.510 e. The lowest BCUT2D eigenvalue weighted by Crippen LogP contribution is -2.15. The lowest BCUT2D eigenvalue weighted by molar-refractivity contribution is 0.0294. The van der Waals surface area contributed by atoms with E-state index in [9.17, 15) is 14.4 Å². The van der Waals surface area contributed by atoms with Crippen molar-refractivity contribution in [3.8, 4) is 0 Å². The van der Waals surface area contributed by atoms with Crippen molar-refractivity contribution in [1.82, 2.24) is 0 Å². The summed E-state index contributed by atoms with van der Waals surface area (Å²) >= 11 is 17.2. The van der Waals surface area contributed by atoms with E-state index >= 15 is 0 Å². The lowest BCUT2D eigenvalue weighted by atomic mass is 10.5. The highest BCUT2D eigenvalue weighted by atomic mass is 127. The molecule has 12 heteroatoms. The van der Waals surface area contributed by atoms with Gasteiger partial charge in [0.1, 0.15) is 0 Å². The predicted octanol–water partition coefficient (Wildman–Crippen LogP) is 6.41. The van der Waals surface area contributed by atoms with Crippen LogP contribution in [0.1, 0.15) is 48.5 Å². The first-order valence-electron chi connectivity index (χ1n) is 7.70. The number of carbonyl (C=O) groups excluding carboxylic acids is 3. The van der Waals surface area contributed by atoms with E-state index in [0.29, 0.717) is 0 Å². The normalized spacial score (nSPS) is 12.9. The number of ether oxygens (including phenoxy) is 5. The minimum absolute atomic E-state index is 0.109. The zero-order chi connectivity index (χ0) is 22.2. The maximum Gasteiger partial charge on any atom is 0.510 e. The maximum atomic E-state index is 10.6. The van der Waals surface area contributed by atoms with Gasteiger partial charge in [-0.1, -0.05) is 23.2 Å². The van der Waals surface area contributed by atoms with Gasteiger partial charge in [0.05, 0.1) is 12.2 Å². The zero-order valence-electron chi connectivity index (χ0n) is 16.2. The molecule has 0 N–H and O–H groups in total. The molecule has 0 aromatic heterocycles. The summed E-state index contributed by atoms with van der Waals surface area (Å²) in [6.07, 6.45) is -1.60. The molecule has 0 aromatic carbocycles. The molecule has 3 atom stereocenters. The predicted molar refractivity (Wildman–Crippen MR) is 112 cm³/mol. The third kappa shape index (κ3) is 37.1. The summed E-state index contributed by atoms with van der Waals surface area (Å²) in [4.78, 5) is 30.9. The Morgan fingerprint density at radius 1 is 0.667 bits per heavy atom. The quantitative estimate of drug-likeness (QED) is 0.124. The van der Waals surface area contributed by atoms with Gasteiger partial charge in [0.25, 0.3) is 0 Å². The Labute approximate surface area is 188 Å². The first-order valence-corrected chi connectivity index (χ1v) is 10.2. The minimum atomic E-state index is -0.873. The van der Waals surface area contributed by atoms with Gasteiger partial charge in [-0.15, -0.1) is 0 Å². The van der Waals surface area contributed by atoms with Gasteiger partial charge in [0, 0.05) is 11.6 Å². The molecule has 162 valence electrons. The molecular weight excluding hydrogens is 541 g/mol. The molecule has 0 radical (unpaired) electrons. The van der Waals surface area contributed by atoms with Crippen LogP contribution < -0.4 is 0 Å². The summed E-state index contributed by atoms with van der Waals surface area (Å²) in [5.41, 5.74) is -2.14. The zero-order valence-corrected chi connectivity index (χ0v) is 20.6. The van der Waals surface area contributed by atoms with Gasteiger partial charge in [-0.25, -0.2) is 14.4 Å². The Kier molecular flexibility index (Phi) is 22.0. The molecule has 0 aromatic rings. The van der Waals surface area contributed by atoms with Crippen LogP contribution in [-0.4, -0.2) is 45.2 Å². The van der Waals surface area contributed by atoms with Crippen LogP contribution >= 0.6 is 57.4 Å². The van der Waals surface area contributed by atoms with Crippen LogP contribution in [0.3, 0.4) is 0 Å². The highest BCUT2D eigenvalue weighted by Gasteiger charge is 2.09. The number of carbonyl (C=O) groups is 3. The van der Waals surface area contributed by atoms with Gasteiger partial charge in [-0.05, 0) is 71.1 Å². The first-order chi connectivity index (χ1) is 12.2. The van der Waals surface area contributed by atoms with Crippen molar-refractivity contribution in [3.63, 3.8) is 0 Å². The van der Waals surface area contributed by atoms with E-state index in [0.717, 1.165) is 0 Å².